The number of alkyl halides is 3. The summed E-state index contributed by atoms with van der Waals surface area (Å²) < 4.78 is 41.4. The fourth-order valence-corrected chi connectivity index (χ4v) is 3.29. The molecule has 0 saturated heterocycles. The molecular formula is C18H13F3N4. The van der Waals surface area contributed by atoms with Gasteiger partial charge in [-0.05, 0) is 22.4 Å². The molecule has 1 N–H and O–H groups in total. The van der Waals surface area contributed by atoms with Gasteiger partial charge in [-0.15, -0.1) is 0 Å². The van der Waals surface area contributed by atoms with E-state index in [9.17, 15) is 13.2 Å². The Labute approximate surface area is 141 Å². The van der Waals surface area contributed by atoms with Crippen molar-refractivity contribution in [1.29, 1.82) is 5.26 Å². The minimum absolute atomic E-state index is 0.111. The predicted octanol–water partition coefficient (Wildman–Crippen LogP) is 4.57. The molecule has 4 nitrogen and oxygen atoms in total. The number of benzene rings is 2. The first-order chi connectivity index (χ1) is 12.0. The zero-order valence-corrected chi connectivity index (χ0v) is 13.0. The van der Waals surface area contributed by atoms with Crippen molar-refractivity contribution in [1.82, 2.24) is 9.78 Å². The highest BCUT2D eigenvalue weighted by atomic mass is 19.4. The summed E-state index contributed by atoms with van der Waals surface area (Å²) in [5, 5.41) is 18.0. The Morgan fingerprint density at radius 2 is 1.92 bits per heavy atom. The molecule has 0 aliphatic carbocycles. The molecule has 0 bridgehead atoms. The largest absolute Gasteiger partial charge is 0.410 e. The van der Waals surface area contributed by atoms with Crippen molar-refractivity contribution >= 4 is 16.6 Å². The van der Waals surface area contributed by atoms with Gasteiger partial charge in [0.2, 0.25) is 0 Å². The number of hydrogen-bond donors (Lipinski definition) is 1. The molecule has 1 aliphatic heterocycles. The quantitative estimate of drug-likeness (QED) is 0.705. The second-order valence-electron chi connectivity index (χ2n) is 6.06. The van der Waals surface area contributed by atoms with Crippen LogP contribution in [0.25, 0.3) is 10.8 Å². The summed E-state index contributed by atoms with van der Waals surface area (Å²) in [6, 6.07) is 12.9. The van der Waals surface area contributed by atoms with Crippen LogP contribution in [0.15, 0.2) is 48.7 Å². The van der Waals surface area contributed by atoms with Gasteiger partial charge >= 0.3 is 6.18 Å². The minimum atomic E-state index is -4.44. The third-order valence-electron chi connectivity index (χ3n) is 4.53. The van der Waals surface area contributed by atoms with Crippen molar-refractivity contribution in [3.8, 4) is 6.07 Å². The van der Waals surface area contributed by atoms with Crippen molar-refractivity contribution in [2.75, 3.05) is 5.32 Å². The van der Waals surface area contributed by atoms with E-state index in [4.69, 9.17) is 5.26 Å². The molecule has 2 atom stereocenters. The van der Waals surface area contributed by atoms with Gasteiger partial charge < -0.3 is 5.32 Å². The van der Waals surface area contributed by atoms with E-state index in [1.807, 2.05) is 48.5 Å². The molecule has 7 heteroatoms. The van der Waals surface area contributed by atoms with Crippen LogP contribution in [0.4, 0.5) is 19.0 Å². The smallest absolute Gasteiger partial charge is 0.362 e. The maximum atomic E-state index is 13.5. The van der Waals surface area contributed by atoms with Crippen molar-refractivity contribution in [3.05, 3.63) is 59.8 Å². The van der Waals surface area contributed by atoms with Gasteiger partial charge in [-0.3, -0.25) is 0 Å². The summed E-state index contributed by atoms with van der Waals surface area (Å²) in [5.74, 6) is 0.120. The summed E-state index contributed by atoms with van der Waals surface area (Å²) in [6.07, 6.45) is -3.45. The lowest BCUT2D eigenvalue weighted by Gasteiger charge is -2.33. The number of halogens is 3. The number of nitrogens with one attached hydrogen (secondary N) is 1. The van der Waals surface area contributed by atoms with Crippen molar-refractivity contribution in [2.45, 2.75) is 24.7 Å². The number of hydrogen-bond acceptors (Lipinski definition) is 3. The summed E-state index contributed by atoms with van der Waals surface area (Å²) >= 11 is 0. The molecule has 25 heavy (non-hydrogen) atoms. The van der Waals surface area contributed by atoms with Crippen LogP contribution in [0.5, 0.6) is 0 Å². The number of rotatable bonds is 1. The molecule has 3 aromatic rings. The van der Waals surface area contributed by atoms with Crippen molar-refractivity contribution in [2.24, 2.45) is 0 Å². The molecule has 0 radical (unpaired) electrons. The van der Waals surface area contributed by atoms with Crippen LogP contribution in [0, 0.1) is 11.3 Å². The van der Waals surface area contributed by atoms with Gasteiger partial charge in [-0.25, -0.2) is 4.68 Å². The van der Waals surface area contributed by atoms with Gasteiger partial charge in [0.15, 0.2) is 6.04 Å². The fourth-order valence-electron chi connectivity index (χ4n) is 3.29. The van der Waals surface area contributed by atoms with E-state index in [2.05, 4.69) is 10.4 Å². The maximum Gasteiger partial charge on any atom is 0.410 e. The molecule has 0 saturated carbocycles. The first-order valence-electron chi connectivity index (χ1n) is 7.77. The van der Waals surface area contributed by atoms with Gasteiger partial charge in [0.1, 0.15) is 17.5 Å². The van der Waals surface area contributed by atoms with E-state index in [1.165, 1.54) is 6.20 Å². The zero-order chi connectivity index (χ0) is 17.6. The minimum Gasteiger partial charge on any atom is -0.362 e. The van der Waals surface area contributed by atoms with E-state index in [0.29, 0.717) is 0 Å². The van der Waals surface area contributed by atoms with Crippen LogP contribution in [0.1, 0.15) is 29.6 Å². The van der Waals surface area contributed by atoms with Crippen LogP contribution in [0.3, 0.4) is 0 Å². The Bertz CT molecular complexity index is 984. The Morgan fingerprint density at radius 3 is 2.64 bits per heavy atom. The molecule has 126 valence electrons. The van der Waals surface area contributed by atoms with Crippen LogP contribution in [0.2, 0.25) is 0 Å². The van der Waals surface area contributed by atoms with Gasteiger partial charge in [-0.2, -0.15) is 23.5 Å². The van der Waals surface area contributed by atoms with Crippen molar-refractivity contribution < 1.29 is 13.2 Å². The lowest BCUT2D eigenvalue weighted by Crippen LogP contribution is -2.35. The Balaban J connectivity index is 1.79. The number of fused-ring (bicyclic) bond motifs is 2. The van der Waals surface area contributed by atoms with Gasteiger partial charge in [0.05, 0.1) is 12.2 Å². The highest BCUT2D eigenvalue weighted by molar-refractivity contribution is 5.83. The van der Waals surface area contributed by atoms with E-state index in [1.54, 1.807) is 0 Å². The summed E-state index contributed by atoms with van der Waals surface area (Å²) in [4.78, 5) is 0. The van der Waals surface area contributed by atoms with E-state index in [0.717, 1.165) is 21.0 Å². The zero-order valence-electron chi connectivity index (χ0n) is 13.0. The molecule has 2 aromatic carbocycles. The third-order valence-corrected chi connectivity index (χ3v) is 4.53. The van der Waals surface area contributed by atoms with Crippen LogP contribution in [-0.4, -0.2) is 16.0 Å². The average Bonchev–Trinajstić information content (AvgIpc) is 3.02. The van der Waals surface area contributed by atoms with Gasteiger partial charge in [0.25, 0.3) is 0 Å². The highest BCUT2D eigenvalue weighted by Crippen LogP contribution is 2.44. The molecule has 0 fully saturated rings. The van der Waals surface area contributed by atoms with Gasteiger partial charge in [-0.1, -0.05) is 36.4 Å². The monoisotopic (exact) mass is 342 g/mol. The number of aromatic nitrogens is 2. The highest BCUT2D eigenvalue weighted by Gasteiger charge is 2.46. The van der Waals surface area contributed by atoms with Crippen LogP contribution < -0.4 is 5.32 Å². The second kappa shape index (κ2) is 5.52. The van der Waals surface area contributed by atoms with E-state index < -0.39 is 18.3 Å². The average molecular weight is 342 g/mol. The SMILES string of the molecule is N#Cc1cnn2c1N[C@H](c1ccc3ccccc3c1)C[C@@H]2C(F)(F)F. The Kier molecular flexibility index (Phi) is 3.42. The third kappa shape index (κ3) is 2.60. The normalized spacial score (nSPS) is 19.9. The molecule has 4 rings (SSSR count). The Hall–Kier alpha value is -3.01. The Morgan fingerprint density at radius 1 is 1.16 bits per heavy atom. The van der Waals surface area contributed by atoms with Crippen LogP contribution in [-0.2, 0) is 0 Å². The second-order valence-corrected chi connectivity index (χ2v) is 6.06. The molecule has 0 spiro atoms. The number of nitriles is 1. The first-order valence-corrected chi connectivity index (χ1v) is 7.77. The summed E-state index contributed by atoms with van der Waals surface area (Å²) in [7, 11) is 0. The fraction of sp³-hybridized carbons (Fsp3) is 0.222. The lowest BCUT2D eigenvalue weighted by atomic mass is 9.94. The molecule has 1 aliphatic rings. The molecule has 2 heterocycles. The molecule has 0 amide bonds. The van der Waals surface area contributed by atoms with Crippen LogP contribution >= 0.6 is 0 Å². The summed E-state index contributed by atoms with van der Waals surface area (Å²) in [5.41, 5.74) is 0.865. The van der Waals surface area contributed by atoms with E-state index >= 15 is 0 Å². The number of nitrogens with zero attached hydrogens (tertiary/aromatic N) is 3. The molecule has 1 aromatic heterocycles. The topological polar surface area (TPSA) is 53.6 Å². The predicted molar refractivity (Wildman–Crippen MR) is 87.0 cm³/mol. The maximum absolute atomic E-state index is 13.5. The van der Waals surface area contributed by atoms with Crippen molar-refractivity contribution in [3.63, 3.8) is 0 Å². The lowest BCUT2D eigenvalue weighted by molar-refractivity contribution is -0.173. The standard InChI is InChI=1S/C18H13F3N4/c19-18(20,21)16-8-15(24-17-14(9-22)10-23-25(16)17)13-6-5-11-3-1-2-4-12(11)7-13/h1-7,10,15-16,24H,8H2/t15-,16+/m0/s1. The summed E-state index contributed by atoms with van der Waals surface area (Å²) in [6.45, 7) is 0. The number of anilines is 1. The first kappa shape index (κ1) is 15.5. The van der Waals surface area contributed by atoms with Gasteiger partial charge in [0, 0.05) is 6.42 Å². The van der Waals surface area contributed by atoms with E-state index in [-0.39, 0.29) is 17.8 Å². The molecule has 0 unspecified atom stereocenters. The molecular weight excluding hydrogens is 329 g/mol.